The molecule has 2 aromatic carbocycles. The van der Waals surface area contributed by atoms with E-state index >= 15 is 0 Å². The van der Waals surface area contributed by atoms with E-state index in [0.29, 0.717) is 67.5 Å². The predicted octanol–water partition coefficient (Wildman–Crippen LogP) is 3.15. The van der Waals surface area contributed by atoms with Crippen molar-refractivity contribution in [1.29, 1.82) is 0 Å². The number of allylic oxidation sites excluding steroid dienone is 2. The molecule has 19 nitrogen and oxygen atoms in total. The number of hydrogen-bond donors (Lipinski definition) is 4. The number of nitrogens with one attached hydrogen (secondary N) is 1. The molecule has 304 valence electrons. The van der Waals surface area contributed by atoms with Crippen LogP contribution in [-0.2, 0) is 19.6 Å². The fourth-order valence-corrected chi connectivity index (χ4v) is 7.65. The molecular formula is C39H40N12O7S. The summed E-state index contributed by atoms with van der Waals surface area (Å²) in [7, 11) is 1.47. The number of carbonyl (C=O) groups is 4. The molecule has 0 saturated heterocycles. The Balaban J connectivity index is 1.31. The van der Waals surface area contributed by atoms with Gasteiger partial charge in [-0.2, -0.15) is 15.2 Å². The summed E-state index contributed by atoms with van der Waals surface area (Å²) in [5, 5.41) is 21.0. The number of fused-ring (bicyclic) bond motifs is 3. The molecule has 7 aromatic rings. The molecule has 0 atom stereocenters. The number of ether oxygens (including phenoxy) is 2. The Morgan fingerprint density at radius 3 is 2.34 bits per heavy atom. The Morgan fingerprint density at radius 2 is 1.63 bits per heavy atom. The molecule has 0 bridgehead atoms. The highest BCUT2D eigenvalue weighted by molar-refractivity contribution is 7.16. The Kier molecular flexibility index (Phi) is 11.3. The summed E-state index contributed by atoms with van der Waals surface area (Å²) in [6.07, 6.45) is 5.50. The molecule has 0 saturated carbocycles. The Bertz CT molecular complexity index is 2900. The van der Waals surface area contributed by atoms with Crippen LogP contribution >= 0.6 is 11.3 Å². The van der Waals surface area contributed by atoms with E-state index in [0.717, 1.165) is 0 Å². The van der Waals surface area contributed by atoms with E-state index in [9.17, 15) is 24.3 Å². The maximum Gasteiger partial charge on any atom is 0.297 e. The molecular weight excluding hydrogens is 781 g/mol. The molecule has 6 N–H and O–H groups in total. The number of methoxy groups -OCH3 is 1. The summed E-state index contributed by atoms with van der Waals surface area (Å²) in [6.45, 7) is 6.20. The number of carbonyl (C=O) groups excluding carboxylic acids is 4. The average Bonchev–Trinajstić information content (AvgIpc) is 3.99. The van der Waals surface area contributed by atoms with Crippen LogP contribution < -0.4 is 31.1 Å². The number of primary amides is 2. The number of nitrogens with zero attached hydrogens (tertiary/aromatic N) is 9. The first-order chi connectivity index (χ1) is 28.4. The molecule has 4 amide bonds. The van der Waals surface area contributed by atoms with Crippen LogP contribution in [0, 0.1) is 13.8 Å². The fourth-order valence-electron chi connectivity index (χ4n) is 6.56. The Labute approximate surface area is 339 Å². The second-order valence-electron chi connectivity index (χ2n) is 13.3. The first-order valence-electron chi connectivity index (χ1n) is 18.4. The van der Waals surface area contributed by atoms with E-state index < -0.39 is 23.6 Å². The topological polar surface area (TPSA) is 254 Å². The second-order valence-corrected chi connectivity index (χ2v) is 14.3. The maximum atomic E-state index is 13.9. The third kappa shape index (κ3) is 8.03. The van der Waals surface area contributed by atoms with Crippen LogP contribution in [0.5, 0.6) is 11.5 Å². The van der Waals surface area contributed by atoms with Crippen molar-refractivity contribution in [2.75, 3.05) is 25.6 Å². The lowest BCUT2D eigenvalue weighted by Gasteiger charge is -2.13. The molecule has 0 radical (unpaired) electrons. The highest BCUT2D eigenvalue weighted by Crippen LogP contribution is 2.32. The molecule has 59 heavy (non-hydrogen) atoms. The standard InChI is InChI=1S/C39H40N12O7S/c1-5-50-26(16-22(3)47-50)36(55)46-39-49(33-28(57-4)18-24(35(41)54)20-30(33)59-39)12-7-6-11-48-32-25(17-23(34(40)53)19-29(32)58-14-8-13-52)44-38(48)45-37(56)27-15-21(2)43-31-9-10-42-51(27)31/h6-7,9-10,15-20,52H,5,8,11-14H2,1-4H3,(H2,40,53)(H2,41,54)(H,44,45,56)/b7-6+,46-39-. The van der Waals surface area contributed by atoms with Gasteiger partial charge in [-0.15, -0.1) is 0 Å². The van der Waals surface area contributed by atoms with Crippen LogP contribution in [0.15, 0.2) is 65.8 Å². The molecule has 5 aromatic heterocycles. The molecule has 20 heteroatoms. The number of benzene rings is 2. The number of thiazole rings is 1. The average molecular weight is 821 g/mol. The quantitative estimate of drug-likeness (QED) is 0.0863. The van der Waals surface area contributed by atoms with Crippen LogP contribution in [0.25, 0.3) is 26.9 Å². The molecule has 0 spiro atoms. The van der Waals surface area contributed by atoms with Gasteiger partial charge in [0, 0.05) is 55.5 Å². The first-order valence-corrected chi connectivity index (χ1v) is 19.2. The van der Waals surface area contributed by atoms with Crippen LogP contribution in [-0.4, -0.2) is 87.6 Å². The van der Waals surface area contributed by atoms with E-state index in [1.807, 2.05) is 19.1 Å². The monoisotopic (exact) mass is 820 g/mol. The van der Waals surface area contributed by atoms with Crippen molar-refractivity contribution in [1.82, 2.24) is 38.5 Å². The number of anilines is 1. The zero-order valence-electron chi connectivity index (χ0n) is 32.5. The number of aromatic nitrogens is 8. The SMILES string of the molecule is CCn1nc(C)cc1C(=O)/N=c1\sc2cc(C(N)=O)cc(OC)c2n1C/C=C/Cn1c(NC(=O)c2cc(C)nc3ccnn23)nc2cc(C(N)=O)cc(OCCCO)c21. The first kappa shape index (κ1) is 40.0. The fraction of sp³-hybridized carbons (Fsp3) is 0.256. The Morgan fingerprint density at radius 1 is 0.915 bits per heavy atom. The maximum absolute atomic E-state index is 13.9. The van der Waals surface area contributed by atoms with Crippen molar-refractivity contribution in [2.45, 2.75) is 46.8 Å². The molecule has 0 aliphatic rings. The minimum Gasteiger partial charge on any atom is -0.494 e. The molecule has 0 aliphatic carbocycles. The molecule has 0 unspecified atom stereocenters. The number of nitrogens with two attached hydrogens (primary N) is 2. The van der Waals surface area contributed by atoms with E-state index in [-0.39, 0.29) is 54.8 Å². The second kappa shape index (κ2) is 16.7. The number of rotatable bonds is 15. The van der Waals surface area contributed by atoms with Crippen molar-refractivity contribution in [3.05, 3.63) is 99.5 Å². The van der Waals surface area contributed by atoms with Gasteiger partial charge in [0.15, 0.2) is 10.4 Å². The van der Waals surface area contributed by atoms with E-state index in [1.165, 1.54) is 47.4 Å². The van der Waals surface area contributed by atoms with Crippen LogP contribution in [0.3, 0.4) is 0 Å². The zero-order chi connectivity index (χ0) is 42.0. The third-order valence-corrected chi connectivity index (χ3v) is 10.2. The van der Waals surface area contributed by atoms with Crippen molar-refractivity contribution in [2.24, 2.45) is 16.5 Å². The lowest BCUT2D eigenvalue weighted by Crippen LogP contribution is -2.20. The van der Waals surface area contributed by atoms with Gasteiger partial charge in [-0.25, -0.2) is 14.5 Å². The Hall–Kier alpha value is -7.19. The number of hydrogen-bond acceptors (Lipinski definition) is 12. The van der Waals surface area contributed by atoms with Gasteiger partial charge >= 0.3 is 0 Å². The number of aryl methyl sites for hydroxylation is 3. The van der Waals surface area contributed by atoms with Crippen LogP contribution in [0.4, 0.5) is 5.95 Å². The zero-order valence-corrected chi connectivity index (χ0v) is 33.3. The molecule has 0 aliphatic heterocycles. The van der Waals surface area contributed by atoms with Gasteiger partial charge in [-0.1, -0.05) is 23.5 Å². The van der Waals surface area contributed by atoms with E-state index in [2.05, 4.69) is 25.5 Å². The smallest absolute Gasteiger partial charge is 0.297 e. The van der Waals surface area contributed by atoms with Crippen molar-refractivity contribution in [3.63, 3.8) is 0 Å². The van der Waals surface area contributed by atoms with Gasteiger partial charge in [0.05, 0.1) is 35.8 Å². The van der Waals surface area contributed by atoms with Gasteiger partial charge in [-0.3, -0.25) is 29.2 Å². The summed E-state index contributed by atoms with van der Waals surface area (Å²) in [5.41, 5.74) is 15.3. The largest absolute Gasteiger partial charge is 0.494 e. The van der Waals surface area contributed by atoms with Crippen molar-refractivity contribution in [3.8, 4) is 11.5 Å². The van der Waals surface area contributed by atoms with Crippen LogP contribution in [0.1, 0.15) is 66.4 Å². The normalized spacial score (nSPS) is 12.0. The molecule has 0 fully saturated rings. The van der Waals surface area contributed by atoms with E-state index in [1.54, 1.807) is 51.9 Å². The van der Waals surface area contributed by atoms with Crippen molar-refractivity contribution >= 4 is 67.8 Å². The van der Waals surface area contributed by atoms with Crippen LogP contribution in [0.2, 0.25) is 0 Å². The minimum absolute atomic E-state index is 0.120. The number of aliphatic hydroxyl groups is 1. The lowest BCUT2D eigenvalue weighted by atomic mass is 10.1. The minimum atomic E-state index is -0.709. The number of amides is 4. The van der Waals surface area contributed by atoms with Gasteiger partial charge in [0.25, 0.3) is 11.8 Å². The highest BCUT2D eigenvalue weighted by atomic mass is 32.1. The van der Waals surface area contributed by atoms with Crippen molar-refractivity contribution < 1.29 is 33.8 Å². The number of aliphatic hydroxyl groups excluding tert-OH is 1. The lowest BCUT2D eigenvalue weighted by molar-refractivity contribution is 0.0982. The third-order valence-electron chi connectivity index (χ3n) is 9.20. The summed E-state index contributed by atoms with van der Waals surface area (Å²) < 4.78 is 18.8. The summed E-state index contributed by atoms with van der Waals surface area (Å²) in [5.74, 6) is -1.65. The summed E-state index contributed by atoms with van der Waals surface area (Å²) >= 11 is 1.19. The number of imidazole rings is 1. The summed E-state index contributed by atoms with van der Waals surface area (Å²) in [4.78, 5) is 66.0. The van der Waals surface area contributed by atoms with Gasteiger partial charge in [0.1, 0.15) is 33.9 Å². The molecule has 7 rings (SSSR count). The predicted molar refractivity (Wildman–Crippen MR) is 218 cm³/mol. The summed E-state index contributed by atoms with van der Waals surface area (Å²) in [6, 6.07) is 11.1. The highest BCUT2D eigenvalue weighted by Gasteiger charge is 2.22. The van der Waals surface area contributed by atoms with E-state index in [4.69, 9.17) is 25.9 Å². The molecule has 5 heterocycles. The van der Waals surface area contributed by atoms with Gasteiger partial charge < -0.3 is 35.2 Å². The van der Waals surface area contributed by atoms with Gasteiger partial charge in [0.2, 0.25) is 17.8 Å². The van der Waals surface area contributed by atoms with Gasteiger partial charge in [-0.05, 0) is 57.2 Å².